The minimum Gasteiger partial charge on any atom is -0.354 e. The summed E-state index contributed by atoms with van der Waals surface area (Å²) in [5.41, 5.74) is 2.80. The number of nitrogens with zero attached hydrogens (tertiary/aromatic N) is 4. The lowest BCUT2D eigenvalue weighted by Gasteiger charge is -2.05. The van der Waals surface area contributed by atoms with Gasteiger partial charge in [-0.2, -0.15) is 0 Å². The molecule has 0 radical (unpaired) electrons. The van der Waals surface area contributed by atoms with Gasteiger partial charge in [-0.25, -0.2) is 4.68 Å². The molecule has 3 rings (SSSR count). The average Bonchev–Trinajstić information content (AvgIpc) is 2.87. The number of hydrogen-bond acceptors (Lipinski definition) is 4. The number of carbonyl (C=O) groups is 1. The predicted octanol–water partition coefficient (Wildman–Crippen LogP) is 1.48. The summed E-state index contributed by atoms with van der Waals surface area (Å²) in [7, 11) is 1.57. The summed E-state index contributed by atoms with van der Waals surface area (Å²) in [5, 5.41) is 11.5. The first kappa shape index (κ1) is 12.3. The summed E-state index contributed by atoms with van der Waals surface area (Å²) < 4.78 is 1.65. The maximum absolute atomic E-state index is 11.7. The minimum absolute atomic E-state index is 0.240. The lowest BCUT2D eigenvalue weighted by molar-refractivity contribution is 0.0957. The molecule has 1 aromatic carbocycles. The SMILES string of the molecule is CNC(=O)c1nnn(-c2ccc3ncccc3c2)c1C. The van der Waals surface area contributed by atoms with Crippen molar-refractivity contribution in [1.82, 2.24) is 25.3 Å². The number of amides is 1. The number of nitrogens with one attached hydrogen (secondary N) is 1. The molecule has 20 heavy (non-hydrogen) atoms. The van der Waals surface area contributed by atoms with Crippen LogP contribution in [0.25, 0.3) is 16.6 Å². The Morgan fingerprint density at radius 1 is 1.30 bits per heavy atom. The van der Waals surface area contributed by atoms with Crippen LogP contribution in [0.15, 0.2) is 36.5 Å². The third-order valence-corrected chi connectivity index (χ3v) is 3.17. The number of fused-ring (bicyclic) bond motifs is 1. The highest BCUT2D eigenvalue weighted by Gasteiger charge is 2.16. The van der Waals surface area contributed by atoms with Crippen LogP contribution in [0.2, 0.25) is 0 Å². The summed E-state index contributed by atoms with van der Waals surface area (Å²) >= 11 is 0. The largest absolute Gasteiger partial charge is 0.354 e. The monoisotopic (exact) mass is 267 g/mol. The molecule has 0 bridgehead atoms. The van der Waals surface area contributed by atoms with Crippen LogP contribution in [-0.2, 0) is 0 Å². The molecule has 0 aliphatic carbocycles. The smallest absolute Gasteiger partial charge is 0.273 e. The fourth-order valence-electron chi connectivity index (χ4n) is 2.10. The first-order valence-corrected chi connectivity index (χ1v) is 6.20. The lowest BCUT2D eigenvalue weighted by atomic mass is 10.2. The molecule has 6 heteroatoms. The second kappa shape index (κ2) is 4.73. The highest BCUT2D eigenvalue weighted by molar-refractivity contribution is 5.93. The first-order chi connectivity index (χ1) is 9.70. The fraction of sp³-hybridized carbons (Fsp3) is 0.143. The number of carbonyl (C=O) groups excluding carboxylic acids is 1. The predicted molar refractivity (Wildman–Crippen MR) is 74.8 cm³/mol. The van der Waals surface area contributed by atoms with Gasteiger partial charge in [0.2, 0.25) is 0 Å². The van der Waals surface area contributed by atoms with E-state index in [0.29, 0.717) is 11.4 Å². The Morgan fingerprint density at radius 3 is 2.95 bits per heavy atom. The molecule has 3 aromatic rings. The van der Waals surface area contributed by atoms with E-state index in [1.165, 1.54) is 0 Å². The first-order valence-electron chi connectivity index (χ1n) is 6.20. The molecule has 0 unspecified atom stereocenters. The maximum atomic E-state index is 11.7. The van der Waals surface area contributed by atoms with Crippen molar-refractivity contribution in [3.63, 3.8) is 0 Å². The normalized spacial score (nSPS) is 10.7. The molecule has 2 heterocycles. The van der Waals surface area contributed by atoms with Gasteiger partial charge in [-0.1, -0.05) is 11.3 Å². The second-order valence-corrected chi connectivity index (χ2v) is 4.39. The molecule has 0 fully saturated rings. The Hall–Kier alpha value is -2.76. The van der Waals surface area contributed by atoms with E-state index in [9.17, 15) is 4.79 Å². The maximum Gasteiger partial charge on any atom is 0.273 e. The number of pyridine rings is 1. The van der Waals surface area contributed by atoms with E-state index in [4.69, 9.17) is 0 Å². The van der Waals surface area contributed by atoms with E-state index < -0.39 is 0 Å². The Balaban J connectivity index is 2.11. The van der Waals surface area contributed by atoms with Crippen LogP contribution < -0.4 is 5.32 Å². The molecule has 1 N–H and O–H groups in total. The number of hydrogen-bond donors (Lipinski definition) is 1. The minimum atomic E-state index is -0.240. The molecule has 0 atom stereocenters. The topological polar surface area (TPSA) is 72.7 Å². The Kier molecular flexibility index (Phi) is 2.90. The van der Waals surface area contributed by atoms with Crippen LogP contribution in [0, 0.1) is 6.92 Å². The molecule has 0 saturated carbocycles. The molecular formula is C14H13N5O. The molecule has 100 valence electrons. The van der Waals surface area contributed by atoms with Gasteiger partial charge in [0.25, 0.3) is 5.91 Å². The Bertz CT molecular complexity index is 793. The van der Waals surface area contributed by atoms with Crippen molar-refractivity contribution in [3.8, 4) is 5.69 Å². The van der Waals surface area contributed by atoms with Crippen molar-refractivity contribution in [2.24, 2.45) is 0 Å². The van der Waals surface area contributed by atoms with Crippen molar-refractivity contribution < 1.29 is 4.79 Å². The van der Waals surface area contributed by atoms with Crippen LogP contribution in [0.3, 0.4) is 0 Å². The van der Waals surface area contributed by atoms with E-state index in [2.05, 4.69) is 20.6 Å². The van der Waals surface area contributed by atoms with Gasteiger partial charge in [-0.3, -0.25) is 9.78 Å². The van der Waals surface area contributed by atoms with Crippen molar-refractivity contribution >= 4 is 16.8 Å². The van der Waals surface area contributed by atoms with Crippen molar-refractivity contribution in [2.45, 2.75) is 6.92 Å². The number of benzene rings is 1. The quantitative estimate of drug-likeness (QED) is 0.763. The van der Waals surface area contributed by atoms with Crippen LogP contribution >= 0.6 is 0 Å². The van der Waals surface area contributed by atoms with Gasteiger partial charge in [0, 0.05) is 18.6 Å². The zero-order valence-electron chi connectivity index (χ0n) is 11.2. The number of rotatable bonds is 2. The van der Waals surface area contributed by atoms with E-state index in [1.54, 1.807) is 17.9 Å². The van der Waals surface area contributed by atoms with Gasteiger partial charge in [-0.05, 0) is 31.2 Å². The van der Waals surface area contributed by atoms with Crippen LogP contribution in [0.4, 0.5) is 0 Å². The van der Waals surface area contributed by atoms with Gasteiger partial charge >= 0.3 is 0 Å². The van der Waals surface area contributed by atoms with Gasteiger partial charge < -0.3 is 5.32 Å². The highest BCUT2D eigenvalue weighted by atomic mass is 16.1. The Labute approximate surface area is 115 Å². The molecular weight excluding hydrogens is 254 g/mol. The molecule has 0 aliphatic heterocycles. The van der Waals surface area contributed by atoms with Crippen LogP contribution in [-0.4, -0.2) is 32.9 Å². The lowest BCUT2D eigenvalue weighted by Crippen LogP contribution is -2.19. The second-order valence-electron chi connectivity index (χ2n) is 4.39. The third kappa shape index (κ3) is 1.91. The summed E-state index contributed by atoms with van der Waals surface area (Å²) in [4.78, 5) is 15.9. The molecule has 0 spiro atoms. The average molecular weight is 267 g/mol. The van der Waals surface area contributed by atoms with Crippen molar-refractivity contribution in [1.29, 1.82) is 0 Å². The molecule has 2 aromatic heterocycles. The summed E-state index contributed by atoms with van der Waals surface area (Å²) in [5.74, 6) is -0.240. The van der Waals surface area contributed by atoms with Gasteiger partial charge in [0.15, 0.2) is 5.69 Å². The molecule has 0 saturated heterocycles. The molecule has 6 nitrogen and oxygen atoms in total. The van der Waals surface area contributed by atoms with Gasteiger partial charge in [0.1, 0.15) is 0 Å². The van der Waals surface area contributed by atoms with Crippen molar-refractivity contribution in [3.05, 3.63) is 47.9 Å². The fourth-order valence-corrected chi connectivity index (χ4v) is 2.10. The number of aromatic nitrogens is 4. The zero-order valence-corrected chi connectivity index (χ0v) is 11.2. The summed E-state index contributed by atoms with van der Waals surface area (Å²) in [6.45, 7) is 1.82. The van der Waals surface area contributed by atoms with E-state index in [1.807, 2.05) is 37.3 Å². The highest BCUT2D eigenvalue weighted by Crippen LogP contribution is 2.18. The zero-order chi connectivity index (χ0) is 14.1. The molecule has 0 aliphatic rings. The van der Waals surface area contributed by atoms with Crippen LogP contribution in [0.1, 0.15) is 16.2 Å². The van der Waals surface area contributed by atoms with E-state index >= 15 is 0 Å². The molecule has 1 amide bonds. The third-order valence-electron chi connectivity index (χ3n) is 3.17. The summed E-state index contributed by atoms with van der Waals surface area (Å²) in [6, 6.07) is 9.67. The van der Waals surface area contributed by atoms with E-state index in [-0.39, 0.29) is 5.91 Å². The standard InChI is InChI=1S/C14H13N5O/c1-9-13(14(20)15-2)17-18-19(9)11-5-6-12-10(8-11)4-3-7-16-12/h3-8H,1-2H3,(H,15,20). The van der Waals surface area contributed by atoms with Crippen molar-refractivity contribution in [2.75, 3.05) is 7.05 Å². The summed E-state index contributed by atoms with van der Waals surface area (Å²) in [6.07, 6.45) is 1.76. The van der Waals surface area contributed by atoms with Gasteiger partial charge in [0.05, 0.1) is 16.9 Å². The van der Waals surface area contributed by atoms with Crippen LogP contribution in [0.5, 0.6) is 0 Å². The van der Waals surface area contributed by atoms with Gasteiger partial charge in [-0.15, -0.1) is 5.10 Å². The van der Waals surface area contributed by atoms with E-state index in [0.717, 1.165) is 16.6 Å². The Morgan fingerprint density at radius 2 is 2.15 bits per heavy atom.